The first-order chi connectivity index (χ1) is 17.4. The van der Waals surface area contributed by atoms with Crippen LogP contribution < -0.4 is 10.6 Å². The van der Waals surface area contributed by atoms with E-state index in [9.17, 15) is 20.2 Å². The van der Waals surface area contributed by atoms with Gasteiger partial charge in [-0.05, 0) is 70.4 Å². The molecule has 176 valence electrons. The molecular formula is C28H20N4O4. The fourth-order valence-corrected chi connectivity index (χ4v) is 4.22. The van der Waals surface area contributed by atoms with Gasteiger partial charge in [0.05, 0.1) is 9.85 Å². The van der Waals surface area contributed by atoms with Crippen molar-refractivity contribution in [3.63, 3.8) is 0 Å². The van der Waals surface area contributed by atoms with Crippen LogP contribution in [0.2, 0.25) is 0 Å². The van der Waals surface area contributed by atoms with Crippen molar-refractivity contribution in [2.45, 2.75) is 0 Å². The summed E-state index contributed by atoms with van der Waals surface area (Å²) in [5.41, 5.74) is 10.6. The van der Waals surface area contributed by atoms with Gasteiger partial charge >= 0.3 is 0 Å². The number of hydrogen-bond acceptors (Lipinski definition) is 6. The molecular weight excluding hydrogens is 456 g/mol. The summed E-state index contributed by atoms with van der Waals surface area (Å²) in [6.45, 7) is 0. The van der Waals surface area contributed by atoms with Crippen molar-refractivity contribution < 1.29 is 9.85 Å². The zero-order chi connectivity index (χ0) is 25.2. The van der Waals surface area contributed by atoms with Crippen LogP contribution in [0.25, 0.3) is 21.9 Å². The Hall–Kier alpha value is -5.24. The van der Waals surface area contributed by atoms with Crippen molar-refractivity contribution in [1.29, 1.82) is 0 Å². The van der Waals surface area contributed by atoms with Crippen LogP contribution in [0.1, 0.15) is 0 Å². The quantitative estimate of drug-likeness (QED) is 0.155. The number of nitrogen functional groups attached to an aromatic ring is 1. The highest BCUT2D eigenvalue weighted by Gasteiger charge is 2.18. The fourth-order valence-electron chi connectivity index (χ4n) is 4.22. The standard InChI is InChI=1S/C28H20N4O4/c29-21-7-5-19(6-8-21)28-18-26(17-20-3-1-2-4-27(20)28)30(22-9-13-24(14-10-22)31(33)34)23-11-15-25(16-12-23)32(35)36/h1-18H,29H2. The van der Waals surface area contributed by atoms with E-state index in [1.165, 1.54) is 24.3 Å². The summed E-state index contributed by atoms with van der Waals surface area (Å²) < 4.78 is 0. The van der Waals surface area contributed by atoms with Crippen LogP contribution in [0.15, 0.2) is 109 Å². The Balaban J connectivity index is 1.73. The minimum atomic E-state index is -0.449. The van der Waals surface area contributed by atoms with Crippen molar-refractivity contribution in [3.05, 3.63) is 129 Å². The first kappa shape index (κ1) is 22.5. The van der Waals surface area contributed by atoms with Gasteiger partial charge in [0.1, 0.15) is 0 Å². The number of benzene rings is 5. The van der Waals surface area contributed by atoms with Gasteiger partial charge in [-0.1, -0.05) is 36.4 Å². The van der Waals surface area contributed by atoms with E-state index in [1.54, 1.807) is 24.3 Å². The molecule has 0 aliphatic carbocycles. The van der Waals surface area contributed by atoms with Gasteiger partial charge in [0.2, 0.25) is 0 Å². The monoisotopic (exact) mass is 476 g/mol. The smallest absolute Gasteiger partial charge is 0.269 e. The van der Waals surface area contributed by atoms with Crippen LogP contribution in [-0.4, -0.2) is 9.85 Å². The molecule has 0 atom stereocenters. The van der Waals surface area contributed by atoms with Crippen LogP contribution >= 0.6 is 0 Å². The fraction of sp³-hybridized carbons (Fsp3) is 0. The Kier molecular flexibility index (Phi) is 5.75. The molecule has 0 saturated heterocycles. The van der Waals surface area contributed by atoms with Crippen molar-refractivity contribution in [2.75, 3.05) is 10.6 Å². The highest BCUT2D eigenvalue weighted by Crippen LogP contribution is 2.41. The first-order valence-corrected chi connectivity index (χ1v) is 11.1. The largest absolute Gasteiger partial charge is 0.399 e. The molecule has 0 radical (unpaired) electrons. The maximum atomic E-state index is 11.2. The Bertz CT molecular complexity index is 1520. The molecule has 0 amide bonds. The minimum Gasteiger partial charge on any atom is -0.399 e. The minimum absolute atomic E-state index is 0.0246. The van der Waals surface area contributed by atoms with Crippen LogP contribution in [0.3, 0.4) is 0 Å². The maximum Gasteiger partial charge on any atom is 0.269 e. The second-order valence-corrected chi connectivity index (χ2v) is 8.22. The van der Waals surface area contributed by atoms with Crippen LogP contribution in [0.4, 0.5) is 34.1 Å². The summed E-state index contributed by atoms with van der Waals surface area (Å²) in [6.07, 6.45) is 0. The molecule has 2 N–H and O–H groups in total. The van der Waals surface area contributed by atoms with E-state index in [0.717, 1.165) is 27.6 Å². The third kappa shape index (κ3) is 4.30. The van der Waals surface area contributed by atoms with Crippen LogP contribution in [0, 0.1) is 20.2 Å². The van der Waals surface area contributed by atoms with Gasteiger partial charge in [-0.3, -0.25) is 20.2 Å². The molecule has 0 bridgehead atoms. The second kappa shape index (κ2) is 9.19. The average molecular weight is 476 g/mol. The van der Waals surface area contributed by atoms with E-state index >= 15 is 0 Å². The van der Waals surface area contributed by atoms with E-state index in [2.05, 4.69) is 0 Å². The number of nitro groups is 2. The van der Waals surface area contributed by atoms with Crippen LogP contribution in [-0.2, 0) is 0 Å². The molecule has 0 aliphatic rings. The van der Waals surface area contributed by atoms with E-state index in [-0.39, 0.29) is 11.4 Å². The Morgan fingerprint density at radius 2 is 1.14 bits per heavy atom. The van der Waals surface area contributed by atoms with Gasteiger partial charge in [-0.2, -0.15) is 0 Å². The predicted octanol–water partition coefficient (Wildman–Crippen LogP) is 7.38. The maximum absolute atomic E-state index is 11.2. The van der Waals surface area contributed by atoms with E-state index in [1.807, 2.05) is 65.6 Å². The third-order valence-electron chi connectivity index (χ3n) is 5.96. The molecule has 0 fully saturated rings. The number of rotatable bonds is 6. The molecule has 0 saturated carbocycles. The third-order valence-corrected chi connectivity index (χ3v) is 5.96. The molecule has 5 aromatic carbocycles. The molecule has 5 aromatic rings. The van der Waals surface area contributed by atoms with Crippen molar-refractivity contribution in [1.82, 2.24) is 0 Å². The summed E-state index contributed by atoms with van der Waals surface area (Å²) in [5, 5.41) is 24.5. The molecule has 0 aliphatic heterocycles. The van der Waals surface area contributed by atoms with Gasteiger partial charge in [0.25, 0.3) is 11.4 Å². The molecule has 0 heterocycles. The lowest BCUT2D eigenvalue weighted by Gasteiger charge is -2.26. The van der Waals surface area contributed by atoms with Crippen molar-refractivity contribution in [3.8, 4) is 11.1 Å². The average Bonchev–Trinajstić information content (AvgIpc) is 2.89. The number of non-ortho nitro benzene ring substituents is 2. The molecule has 0 unspecified atom stereocenters. The Labute approximate surface area is 206 Å². The molecule has 5 rings (SSSR count). The van der Waals surface area contributed by atoms with Gasteiger partial charge < -0.3 is 10.6 Å². The molecule has 36 heavy (non-hydrogen) atoms. The number of nitrogens with zero attached hydrogens (tertiary/aromatic N) is 3. The molecule has 0 aromatic heterocycles. The number of anilines is 4. The summed E-state index contributed by atoms with van der Waals surface area (Å²) >= 11 is 0. The summed E-state index contributed by atoms with van der Waals surface area (Å²) in [6, 6.07) is 32.1. The summed E-state index contributed by atoms with van der Waals surface area (Å²) in [4.78, 5) is 23.4. The highest BCUT2D eigenvalue weighted by molar-refractivity contribution is 6.01. The van der Waals surface area contributed by atoms with E-state index < -0.39 is 9.85 Å². The lowest BCUT2D eigenvalue weighted by molar-refractivity contribution is -0.385. The Morgan fingerprint density at radius 3 is 1.67 bits per heavy atom. The Morgan fingerprint density at radius 1 is 0.611 bits per heavy atom. The normalized spacial score (nSPS) is 10.8. The van der Waals surface area contributed by atoms with Gasteiger partial charge in [-0.25, -0.2) is 0 Å². The second-order valence-electron chi connectivity index (χ2n) is 8.22. The summed E-state index contributed by atoms with van der Waals surface area (Å²) in [7, 11) is 0. The zero-order valence-electron chi connectivity index (χ0n) is 18.9. The SMILES string of the molecule is Nc1ccc(-c2cc(N(c3ccc([N+](=O)[O-])cc3)c3ccc([N+](=O)[O-])cc3)cc3ccccc23)cc1. The number of nitro benzene ring substituents is 2. The topological polar surface area (TPSA) is 116 Å². The number of fused-ring (bicyclic) bond motifs is 1. The first-order valence-electron chi connectivity index (χ1n) is 11.1. The van der Waals surface area contributed by atoms with Gasteiger partial charge in [0, 0.05) is 47.0 Å². The van der Waals surface area contributed by atoms with E-state index in [4.69, 9.17) is 5.73 Å². The van der Waals surface area contributed by atoms with Crippen LogP contribution in [0.5, 0.6) is 0 Å². The lowest BCUT2D eigenvalue weighted by atomic mass is 9.96. The van der Waals surface area contributed by atoms with Gasteiger partial charge in [-0.15, -0.1) is 0 Å². The van der Waals surface area contributed by atoms with Gasteiger partial charge in [0.15, 0.2) is 0 Å². The highest BCUT2D eigenvalue weighted by atomic mass is 16.6. The lowest BCUT2D eigenvalue weighted by Crippen LogP contribution is -2.10. The number of hydrogen-bond donors (Lipinski definition) is 1. The number of nitrogens with two attached hydrogens (primary N) is 1. The zero-order valence-corrected chi connectivity index (χ0v) is 18.9. The van der Waals surface area contributed by atoms with E-state index in [0.29, 0.717) is 17.1 Å². The summed E-state index contributed by atoms with van der Waals surface area (Å²) in [5.74, 6) is 0. The molecule has 0 spiro atoms. The predicted molar refractivity (Wildman–Crippen MR) is 142 cm³/mol. The molecule has 8 heteroatoms. The molecule has 8 nitrogen and oxygen atoms in total. The van der Waals surface area contributed by atoms with Crippen molar-refractivity contribution >= 4 is 44.9 Å². The van der Waals surface area contributed by atoms with Crippen molar-refractivity contribution in [2.24, 2.45) is 0 Å².